The predicted octanol–water partition coefficient (Wildman–Crippen LogP) is 1.22. The molecule has 0 rings (SSSR count). The van der Waals surface area contributed by atoms with Crippen molar-refractivity contribution in [1.82, 2.24) is 10.8 Å². The first kappa shape index (κ1) is 13.4. The van der Waals surface area contributed by atoms with E-state index in [0.717, 1.165) is 19.5 Å². The highest BCUT2D eigenvalue weighted by Gasteiger charge is 2.00. The molecule has 0 radical (unpaired) electrons. The van der Waals surface area contributed by atoms with E-state index in [1.807, 2.05) is 6.92 Å². The summed E-state index contributed by atoms with van der Waals surface area (Å²) in [4.78, 5) is 15.8. The molecule has 84 valence electrons. The summed E-state index contributed by atoms with van der Waals surface area (Å²) in [6.07, 6.45) is 3.82. The van der Waals surface area contributed by atoms with Gasteiger partial charge >= 0.3 is 5.97 Å². The number of hydroxylamine groups is 1. The standard InChI is InChI=1S/C10H22N2O2/c1-3-5-6-8-12-14-10(13)7-9-11-4-2/h11-12H,3-9H2,1-2H3. The molecule has 0 fully saturated rings. The molecule has 0 atom stereocenters. The molecule has 0 aromatic rings. The van der Waals surface area contributed by atoms with Gasteiger partial charge in [0, 0.05) is 13.1 Å². The van der Waals surface area contributed by atoms with Crippen molar-refractivity contribution in [2.75, 3.05) is 19.6 Å². The molecule has 0 saturated carbocycles. The van der Waals surface area contributed by atoms with E-state index < -0.39 is 0 Å². The minimum absolute atomic E-state index is 0.192. The molecule has 0 aliphatic carbocycles. The van der Waals surface area contributed by atoms with Gasteiger partial charge in [-0.3, -0.25) is 4.79 Å². The van der Waals surface area contributed by atoms with Crippen molar-refractivity contribution in [2.45, 2.75) is 39.5 Å². The van der Waals surface area contributed by atoms with Gasteiger partial charge in [0.05, 0.1) is 6.42 Å². The summed E-state index contributed by atoms with van der Waals surface area (Å²) < 4.78 is 0. The maximum atomic E-state index is 11.0. The van der Waals surface area contributed by atoms with Crippen molar-refractivity contribution in [3.63, 3.8) is 0 Å². The molecular formula is C10H22N2O2. The smallest absolute Gasteiger partial charge is 0.326 e. The van der Waals surface area contributed by atoms with Crippen molar-refractivity contribution in [1.29, 1.82) is 0 Å². The van der Waals surface area contributed by atoms with E-state index >= 15 is 0 Å². The summed E-state index contributed by atoms with van der Waals surface area (Å²) in [5.74, 6) is -0.192. The monoisotopic (exact) mass is 202 g/mol. The Morgan fingerprint density at radius 1 is 1.21 bits per heavy atom. The highest BCUT2D eigenvalue weighted by Crippen LogP contribution is 1.91. The van der Waals surface area contributed by atoms with E-state index in [1.165, 1.54) is 12.8 Å². The molecule has 0 aromatic heterocycles. The van der Waals surface area contributed by atoms with E-state index in [-0.39, 0.29) is 5.97 Å². The minimum atomic E-state index is -0.192. The highest BCUT2D eigenvalue weighted by atomic mass is 16.7. The number of unbranched alkanes of at least 4 members (excludes halogenated alkanes) is 2. The lowest BCUT2D eigenvalue weighted by Gasteiger charge is -2.05. The fourth-order valence-electron chi connectivity index (χ4n) is 0.997. The summed E-state index contributed by atoms with van der Waals surface area (Å²) in [7, 11) is 0. The Bertz CT molecular complexity index is 140. The van der Waals surface area contributed by atoms with Crippen molar-refractivity contribution >= 4 is 5.97 Å². The number of nitrogens with one attached hydrogen (secondary N) is 2. The molecule has 2 N–H and O–H groups in total. The minimum Gasteiger partial charge on any atom is -0.371 e. The van der Waals surface area contributed by atoms with Gasteiger partial charge in [0.25, 0.3) is 0 Å². The molecule has 0 saturated heterocycles. The molecule has 0 aromatic carbocycles. The topological polar surface area (TPSA) is 50.4 Å². The van der Waals surface area contributed by atoms with Gasteiger partial charge in [0.1, 0.15) is 0 Å². The molecule has 0 bridgehead atoms. The third-order valence-corrected chi connectivity index (χ3v) is 1.82. The normalized spacial score (nSPS) is 10.1. The van der Waals surface area contributed by atoms with Crippen LogP contribution < -0.4 is 10.8 Å². The van der Waals surface area contributed by atoms with Crippen LogP contribution in [0.15, 0.2) is 0 Å². The second kappa shape index (κ2) is 10.5. The van der Waals surface area contributed by atoms with E-state index in [2.05, 4.69) is 17.7 Å². The highest BCUT2D eigenvalue weighted by molar-refractivity contribution is 5.69. The average Bonchev–Trinajstić information content (AvgIpc) is 2.18. The molecule has 0 unspecified atom stereocenters. The first-order chi connectivity index (χ1) is 6.81. The third-order valence-electron chi connectivity index (χ3n) is 1.82. The predicted molar refractivity (Wildman–Crippen MR) is 56.8 cm³/mol. The van der Waals surface area contributed by atoms with Gasteiger partial charge in [-0.2, -0.15) is 5.48 Å². The number of hydrogen-bond acceptors (Lipinski definition) is 4. The van der Waals surface area contributed by atoms with Crippen LogP contribution in [0.2, 0.25) is 0 Å². The maximum absolute atomic E-state index is 11.0. The van der Waals surface area contributed by atoms with Crippen molar-refractivity contribution in [3.8, 4) is 0 Å². The van der Waals surface area contributed by atoms with Crippen LogP contribution in [0.1, 0.15) is 39.5 Å². The summed E-state index contributed by atoms with van der Waals surface area (Å²) in [5.41, 5.74) is 2.67. The van der Waals surface area contributed by atoms with Crippen LogP contribution >= 0.6 is 0 Å². The van der Waals surface area contributed by atoms with Gasteiger partial charge in [-0.1, -0.05) is 26.7 Å². The second-order valence-corrected chi connectivity index (χ2v) is 3.18. The van der Waals surface area contributed by atoms with Gasteiger partial charge in [-0.15, -0.1) is 0 Å². The Balaban J connectivity index is 3.10. The van der Waals surface area contributed by atoms with Gasteiger partial charge < -0.3 is 10.2 Å². The number of rotatable bonds is 9. The lowest BCUT2D eigenvalue weighted by Crippen LogP contribution is -2.24. The summed E-state index contributed by atoms with van der Waals surface area (Å²) >= 11 is 0. The Morgan fingerprint density at radius 3 is 2.64 bits per heavy atom. The average molecular weight is 202 g/mol. The first-order valence-corrected chi connectivity index (χ1v) is 5.44. The van der Waals surface area contributed by atoms with Crippen LogP contribution in [0.4, 0.5) is 0 Å². The summed E-state index contributed by atoms with van der Waals surface area (Å²) in [5, 5.41) is 3.06. The summed E-state index contributed by atoms with van der Waals surface area (Å²) in [6, 6.07) is 0. The molecule has 0 aliphatic heterocycles. The van der Waals surface area contributed by atoms with Crippen LogP contribution in [0, 0.1) is 0 Å². The summed E-state index contributed by atoms with van der Waals surface area (Å²) in [6.45, 7) is 6.47. The number of hydrogen-bond donors (Lipinski definition) is 2. The van der Waals surface area contributed by atoms with Crippen LogP contribution in [0.25, 0.3) is 0 Å². The zero-order chi connectivity index (χ0) is 10.6. The van der Waals surface area contributed by atoms with Gasteiger partial charge in [0.2, 0.25) is 0 Å². The third kappa shape index (κ3) is 9.48. The zero-order valence-electron chi connectivity index (χ0n) is 9.27. The Labute approximate surface area is 86.4 Å². The van der Waals surface area contributed by atoms with Crippen LogP contribution in [-0.2, 0) is 9.63 Å². The molecular weight excluding hydrogens is 180 g/mol. The quantitative estimate of drug-likeness (QED) is 0.436. The van der Waals surface area contributed by atoms with Crippen LogP contribution in [-0.4, -0.2) is 25.6 Å². The zero-order valence-corrected chi connectivity index (χ0v) is 9.27. The lowest BCUT2D eigenvalue weighted by atomic mass is 10.3. The number of carbonyl (C=O) groups excluding carboxylic acids is 1. The Morgan fingerprint density at radius 2 is 2.00 bits per heavy atom. The van der Waals surface area contributed by atoms with Gasteiger partial charge in [-0.25, -0.2) is 0 Å². The Kier molecular flexibility index (Phi) is 10.0. The maximum Gasteiger partial charge on any atom is 0.326 e. The number of carbonyl (C=O) groups is 1. The van der Waals surface area contributed by atoms with Crippen LogP contribution in [0.5, 0.6) is 0 Å². The fraction of sp³-hybridized carbons (Fsp3) is 0.900. The van der Waals surface area contributed by atoms with Crippen molar-refractivity contribution < 1.29 is 9.63 Å². The second-order valence-electron chi connectivity index (χ2n) is 3.18. The molecule has 0 heterocycles. The molecule has 0 amide bonds. The molecule has 4 heteroatoms. The van der Waals surface area contributed by atoms with Crippen LogP contribution in [0.3, 0.4) is 0 Å². The largest absolute Gasteiger partial charge is 0.371 e. The molecule has 0 aliphatic rings. The van der Waals surface area contributed by atoms with Gasteiger partial charge in [-0.05, 0) is 13.0 Å². The molecule has 0 spiro atoms. The Hall–Kier alpha value is -0.610. The fourth-order valence-corrected chi connectivity index (χ4v) is 0.997. The van der Waals surface area contributed by atoms with E-state index in [1.54, 1.807) is 0 Å². The first-order valence-electron chi connectivity index (χ1n) is 5.44. The van der Waals surface area contributed by atoms with E-state index in [4.69, 9.17) is 4.84 Å². The van der Waals surface area contributed by atoms with E-state index in [9.17, 15) is 4.79 Å². The molecule has 4 nitrogen and oxygen atoms in total. The van der Waals surface area contributed by atoms with Gasteiger partial charge in [0.15, 0.2) is 0 Å². The SMILES string of the molecule is CCCCCNOC(=O)CCNCC. The molecule has 14 heavy (non-hydrogen) atoms. The lowest BCUT2D eigenvalue weighted by molar-refractivity contribution is -0.151. The van der Waals surface area contributed by atoms with Crippen molar-refractivity contribution in [2.24, 2.45) is 0 Å². The van der Waals surface area contributed by atoms with E-state index in [0.29, 0.717) is 13.0 Å². The van der Waals surface area contributed by atoms with Crippen molar-refractivity contribution in [3.05, 3.63) is 0 Å².